The second-order valence-electron chi connectivity index (χ2n) is 8.41. The summed E-state index contributed by atoms with van der Waals surface area (Å²) >= 11 is 0. The van der Waals surface area contributed by atoms with Gasteiger partial charge in [-0.15, -0.1) is 0 Å². The summed E-state index contributed by atoms with van der Waals surface area (Å²) in [4.78, 5) is 17.0. The highest BCUT2D eigenvalue weighted by atomic mass is 16.1. The molecule has 0 radical (unpaired) electrons. The van der Waals surface area contributed by atoms with Crippen molar-refractivity contribution in [3.05, 3.63) is 101 Å². The van der Waals surface area contributed by atoms with Crippen LogP contribution < -0.4 is 5.32 Å². The molecular formula is C28H31N3O. The Balaban J connectivity index is 1.28. The molecule has 0 spiro atoms. The molecule has 0 saturated heterocycles. The number of aromatic nitrogens is 2. The van der Waals surface area contributed by atoms with Gasteiger partial charge in [-0.1, -0.05) is 78.7 Å². The lowest BCUT2D eigenvalue weighted by Gasteiger charge is -2.10. The number of amides is 1. The van der Waals surface area contributed by atoms with Crippen LogP contribution in [0.3, 0.4) is 0 Å². The van der Waals surface area contributed by atoms with Crippen molar-refractivity contribution in [3.8, 4) is 0 Å². The summed E-state index contributed by atoms with van der Waals surface area (Å²) in [6.07, 6.45) is 4.51. The largest absolute Gasteiger partial charge is 0.356 e. The van der Waals surface area contributed by atoms with Crippen LogP contribution in [0.2, 0.25) is 0 Å². The van der Waals surface area contributed by atoms with Gasteiger partial charge in [-0.25, -0.2) is 4.98 Å². The molecule has 0 bridgehead atoms. The predicted octanol–water partition coefficient (Wildman–Crippen LogP) is 5.46. The number of nitrogens with zero attached hydrogens (tertiary/aromatic N) is 2. The van der Waals surface area contributed by atoms with Gasteiger partial charge < -0.3 is 9.88 Å². The lowest BCUT2D eigenvalue weighted by molar-refractivity contribution is -0.120. The quantitative estimate of drug-likeness (QED) is 0.343. The highest BCUT2D eigenvalue weighted by Crippen LogP contribution is 2.20. The molecule has 1 N–H and O–H groups in total. The maximum atomic E-state index is 12.1. The Bertz CT molecular complexity index is 1150. The van der Waals surface area contributed by atoms with Gasteiger partial charge in [-0.3, -0.25) is 4.79 Å². The molecule has 4 nitrogen and oxygen atoms in total. The first kappa shape index (κ1) is 21.8. The fourth-order valence-electron chi connectivity index (χ4n) is 4.03. The molecule has 32 heavy (non-hydrogen) atoms. The number of fused-ring (bicyclic) bond motifs is 1. The van der Waals surface area contributed by atoms with Gasteiger partial charge in [0, 0.05) is 19.5 Å². The summed E-state index contributed by atoms with van der Waals surface area (Å²) in [7, 11) is 0. The first-order valence-corrected chi connectivity index (χ1v) is 11.5. The predicted molar refractivity (Wildman–Crippen MR) is 131 cm³/mol. The molecule has 0 atom stereocenters. The first-order chi connectivity index (χ1) is 15.7. The van der Waals surface area contributed by atoms with E-state index in [1.807, 2.05) is 36.4 Å². The highest BCUT2D eigenvalue weighted by Gasteiger charge is 2.11. The van der Waals surface area contributed by atoms with E-state index in [2.05, 4.69) is 59.3 Å². The normalized spacial score (nSPS) is 11.0. The van der Waals surface area contributed by atoms with E-state index in [4.69, 9.17) is 4.98 Å². The zero-order chi connectivity index (χ0) is 22.2. The molecule has 0 unspecified atom stereocenters. The number of rotatable bonds is 10. The topological polar surface area (TPSA) is 46.9 Å². The minimum atomic E-state index is 0.0936. The SMILES string of the molecule is Cc1ccc(Cn2c(CCCCCNC(=O)Cc3ccccc3)nc3ccccc32)cc1. The van der Waals surface area contributed by atoms with Crippen molar-refractivity contribution in [2.45, 2.75) is 45.6 Å². The second-order valence-corrected chi connectivity index (χ2v) is 8.41. The Kier molecular flexibility index (Phi) is 7.34. The molecule has 1 amide bonds. The Hall–Kier alpha value is -3.40. The summed E-state index contributed by atoms with van der Waals surface area (Å²) in [5, 5.41) is 3.04. The number of para-hydroxylation sites is 2. The first-order valence-electron chi connectivity index (χ1n) is 11.5. The standard InChI is InChI=1S/C28H31N3O/c1-22-15-17-24(18-16-22)21-31-26-13-8-7-12-25(26)30-27(31)14-6-3-9-19-29-28(32)20-23-10-4-2-5-11-23/h2,4-5,7-8,10-13,15-18H,3,6,9,14,19-21H2,1H3,(H,29,32). The van der Waals surface area contributed by atoms with Crippen LogP contribution in [-0.2, 0) is 24.2 Å². The van der Waals surface area contributed by atoms with E-state index in [1.54, 1.807) is 0 Å². The van der Waals surface area contributed by atoms with E-state index in [-0.39, 0.29) is 5.91 Å². The lowest BCUT2D eigenvalue weighted by atomic mass is 10.1. The molecule has 1 heterocycles. The Labute approximate surface area is 190 Å². The van der Waals surface area contributed by atoms with Crippen LogP contribution in [0.1, 0.15) is 41.8 Å². The summed E-state index contributed by atoms with van der Waals surface area (Å²) in [5.74, 6) is 1.23. The van der Waals surface area contributed by atoms with Crippen molar-refractivity contribution in [2.24, 2.45) is 0 Å². The molecule has 0 aliphatic heterocycles. The average Bonchev–Trinajstić information content (AvgIpc) is 3.15. The van der Waals surface area contributed by atoms with E-state index in [1.165, 1.54) is 16.6 Å². The monoisotopic (exact) mass is 425 g/mol. The van der Waals surface area contributed by atoms with E-state index in [9.17, 15) is 4.79 Å². The Morgan fingerprint density at radius 3 is 2.41 bits per heavy atom. The van der Waals surface area contributed by atoms with Gasteiger partial charge in [0.1, 0.15) is 5.82 Å². The molecule has 3 aromatic carbocycles. The summed E-state index contributed by atoms with van der Waals surface area (Å²) in [6, 6.07) is 27.0. The molecule has 0 aliphatic rings. The van der Waals surface area contributed by atoms with Crippen molar-refractivity contribution < 1.29 is 4.79 Å². The van der Waals surface area contributed by atoms with Crippen LogP contribution in [0.15, 0.2) is 78.9 Å². The fourth-order valence-corrected chi connectivity index (χ4v) is 4.03. The van der Waals surface area contributed by atoms with Crippen LogP contribution in [0.5, 0.6) is 0 Å². The van der Waals surface area contributed by atoms with Crippen molar-refractivity contribution in [1.82, 2.24) is 14.9 Å². The number of hydrogen-bond acceptors (Lipinski definition) is 2. The van der Waals surface area contributed by atoms with Crippen molar-refractivity contribution in [3.63, 3.8) is 0 Å². The number of imidazole rings is 1. The average molecular weight is 426 g/mol. The smallest absolute Gasteiger partial charge is 0.224 e. The molecule has 4 rings (SSSR count). The molecule has 164 valence electrons. The molecular weight excluding hydrogens is 394 g/mol. The van der Waals surface area contributed by atoms with Crippen molar-refractivity contribution in [1.29, 1.82) is 0 Å². The van der Waals surface area contributed by atoms with Gasteiger partial charge in [-0.2, -0.15) is 0 Å². The number of hydrogen-bond donors (Lipinski definition) is 1. The highest BCUT2D eigenvalue weighted by molar-refractivity contribution is 5.78. The number of nitrogens with one attached hydrogen (secondary N) is 1. The Morgan fingerprint density at radius 1 is 0.844 bits per heavy atom. The van der Waals surface area contributed by atoms with Gasteiger partial charge in [0.25, 0.3) is 0 Å². The summed E-state index contributed by atoms with van der Waals surface area (Å²) in [5.41, 5.74) is 5.87. The zero-order valence-corrected chi connectivity index (χ0v) is 18.8. The minimum absolute atomic E-state index is 0.0936. The van der Waals surface area contributed by atoms with E-state index >= 15 is 0 Å². The van der Waals surface area contributed by atoms with Gasteiger partial charge in [0.15, 0.2) is 0 Å². The van der Waals surface area contributed by atoms with E-state index in [0.717, 1.165) is 55.7 Å². The van der Waals surface area contributed by atoms with Crippen molar-refractivity contribution >= 4 is 16.9 Å². The summed E-state index contributed by atoms with van der Waals surface area (Å²) in [6.45, 7) is 3.68. The maximum absolute atomic E-state index is 12.1. The zero-order valence-electron chi connectivity index (χ0n) is 18.8. The third-order valence-electron chi connectivity index (χ3n) is 5.80. The molecule has 4 aromatic rings. The van der Waals surface area contributed by atoms with Gasteiger partial charge in [-0.05, 0) is 43.0 Å². The van der Waals surface area contributed by atoms with Crippen LogP contribution >= 0.6 is 0 Å². The fraction of sp³-hybridized carbons (Fsp3) is 0.286. The van der Waals surface area contributed by atoms with Gasteiger partial charge >= 0.3 is 0 Å². The second kappa shape index (κ2) is 10.8. The van der Waals surface area contributed by atoms with Crippen LogP contribution in [0, 0.1) is 6.92 Å². The van der Waals surface area contributed by atoms with Gasteiger partial charge in [0.05, 0.1) is 17.5 Å². The molecule has 1 aromatic heterocycles. The third kappa shape index (κ3) is 5.85. The number of carbonyl (C=O) groups is 1. The van der Waals surface area contributed by atoms with Crippen LogP contribution in [0.4, 0.5) is 0 Å². The van der Waals surface area contributed by atoms with Crippen LogP contribution in [-0.4, -0.2) is 22.0 Å². The molecule has 0 saturated carbocycles. The third-order valence-corrected chi connectivity index (χ3v) is 5.80. The molecule has 4 heteroatoms. The molecule has 0 aliphatic carbocycles. The number of aryl methyl sites for hydroxylation is 2. The van der Waals surface area contributed by atoms with Crippen molar-refractivity contribution in [2.75, 3.05) is 6.54 Å². The maximum Gasteiger partial charge on any atom is 0.224 e. The number of unbranched alkanes of at least 4 members (excludes halogenated alkanes) is 2. The number of carbonyl (C=O) groups excluding carboxylic acids is 1. The lowest BCUT2D eigenvalue weighted by Crippen LogP contribution is -2.26. The minimum Gasteiger partial charge on any atom is -0.356 e. The van der Waals surface area contributed by atoms with Gasteiger partial charge in [0.2, 0.25) is 5.91 Å². The van der Waals surface area contributed by atoms with E-state index in [0.29, 0.717) is 6.42 Å². The van der Waals surface area contributed by atoms with Crippen LogP contribution in [0.25, 0.3) is 11.0 Å². The van der Waals surface area contributed by atoms with E-state index < -0.39 is 0 Å². The number of benzene rings is 3. The summed E-state index contributed by atoms with van der Waals surface area (Å²) < 4.78 is 2.35. The molecule has 0 fully saturated rings. The Morgan fingerprint density at radius 2 is 1.59 bits per heavy atom.